The van der Waals surface area contributed by atoms with E-state index in [1.807, 2.05) is 0 Å². The van der Waals surface area contributed by atoms with E-state index in [1.54, 1.807) is 0 Å². The van der Waals surface area contributed by atoms with Gasteiger partial charge in [0.1, 0.15) is 12.4 Å². The first-order valence-electron chi connectivity index (χ1n) is 4.66. The van der Waals surface area contributed by atoms with E-state index in [9.17, 15) is 14.4 Å². The number of alkyl carbamates (subject to hydrolysis) is 1. The predicted octanol–water partition coefficient (Wildman–Crippen LogP) is -1.31. The van der Waals surface area contributed by atoms with Gasteiger partial charge in [-0.05, 0) is 0 Å². The molecule has 0 rings (SSSR count). The molecule has 0 spiro atoms. The van der Waals surface area contributed by atoms with Crippen LogP contribution in [0.1, 0.15) is 0 Å². The number of nitrogens with one attached hydrogen (secondary N) is 3. The largest absolute Gasteiger partial charge is 0.480 e. The number of aliphatic carboxylic acids is 1. The summed E-state index contributed by atoms with van der Waals surface area (Å²) >= 11 is 0. The molecule has 0 aromatic rings. The van der Waals surface area contributed by atoms with Crippen molar-refractivity contribution in [3.63, 3.8) is 0 Å². The number of rotatable bonds is 4. The summed E-state index contributed by atoms with van der Waals surface area (Å²) in [7, 11) is 2.32. The Morgan fingerprint density at radius 3 is 2.22 bits per heavy atom. The maximum atomic E-state index is 10.8. The molecule has 0 bridgehead atoms. The molecule has 4 N–H and O–H groups in total. The highest BCUT2D eigenvalue weighted by atomic mass is 16.5. The van der Waals surface area contributed by atoms with Crippen LogP contribution in [0.3, 0.4) is 0 Å². The van der Waals surface area contributed by atoms with E-state index in [-0.39, 0.29) is 12.4 Å². The van der Waals surface area contributed by atoms with Crippen molar-refractivity contribution in [1.82, 2.24) is 16.2 Å². The van der Waals surface area contributed by atoms with Gasteiger partial charge in [-0.1, -0.05) is 0 Å². The van der Waals surface area contributed by atoms with Crippen molar-refractivity contribution in [2.75, 3.05) is 27.3 Å². The molecule has 10 nitrogen and oxygen atoms in total. The molecule has 0 radical (unpaired) electrons. The summed E-state index contributed by atoms with van der Waals surface area (Å²) in [6.45, 7) is -0.669. The van der Waals surface area contributed by atoms with Crippen LogP contribution in [-0.2, 0) is 14.3 Å². The van der Waals surface area contributed by atoms with Crippen LogP contribution in [0.25, 0.3) is 0 Å². The number of amidine groups is 1. The molecule has 0 aliphatic heterocycles. The van der Waals surface area contributed by atoms with Gasteiger partial charge in [0.15, 0.2) is 0 Å². The minimum atomic E-state index is -1.16. The summed E-state index contributed by atoms with van der Waals surface area (Å²) in [5, 5.41) is 10.7. The smallest absolute Gasteiger partial charge is 0.425 e. The zero-order chi connectivity index (χ0) is 14.0. The molecule has 0 atom stereocenters. The van der Waals surface area contributed by atoms with Gasteiger partial charge in [0.2, 0.25) is 0 Å². The molecule has 0 saturated heterocycles. The van der Waals surface area contributed by atoms with Crippen molar-refractivity contribution in [2.45, 2.75) is 0 Å². The second-order valence-corrected chi connectivity index (χ2v) is 2.74. The van der Waals surface area contributed by atoms with E-state index < -0.39 is 24.7 Å². The molecule has 0 aliphatic rings. The number of amides is 2. The maximum absolute atomic E-state index is 10.8. The molecule has 0 aromatic carbocycles. The Hall–Kier alpha value is -2.52. The van der Waals surface area contributed by atoms with Gasteiger partial charge in [0.25, 0.3) is 0 Å². The quantitative estimate of drug-likeness (QED) is 0.280. The summed E-state index contributed by atoms with van der Waals surface area (Å²) in [6, 6.07) is 0. The first kappa shape index (κ1) is 15.5. The van der Waals surface area contributed by atoms with Gasteiger partial charge >= 0.3 is 18.2 Å². The Balaban J connectivity index is 4.32. The Labute approximate surface area is 102 Å². The number of aliphatic imine (C=N–C) groups is 1. The maximum Gasteiger partial charge on any atom is 0.425 e. The van der Waals surface area contributed by atoms with Crippen LogP contribution >= 0.6 is 0 Å². The van der Waals surface area contributed by atoms with Gasteiger partial charge in [0, 0.05) is 0 Å². The van der Waals surface area contributed by atoms with Gasteiger partial charge in [-0.3, -0.25) is 15.2 Å². The van der Waals surface area contributed by atoms with Gasteiger partial charge in [0.05, 0.1) is 20.8 Å². The Kier molecular flexibility index (Phi) is 7.41. The number of hydrazine groups is 1. The lowest BCUT2D eigenvalue weighted by molar-refractivity contribution is -0.135. The SMILES string of the molecule is COC(=O)NCC(=NCC(=O)O)NNC(=O)OC. The van der Waals surface area contributed by atoms with Crippen molar-refractivity contribution in [3.05, 3.63) is 0 Å². The van der Waals surface area contributed by atoms with E-state index in [0.29, 0.717) is 0 Å². The summed E-state index contributed by atoms with van der Waals surface area (Å²) in [5.41, 5.74) is 4.37. The normalized spacial score (nSPS) is 10.2. The van der Waals surface area contributed by atoms with Crippen LogP contribution in [0.15, 0.2) is 4.99 Å². The minimum Gasteiger partial charge on any atom is -0.480 e. The molecule has 0 aromatic heterocycles. The monoisotopic (exact) mass is 262 g/mol. The molecule has 0 fully saturated rings. The summed E-state index contributed by atoms with van der Waals surface area (Å²) in [5.74, 6) is -1.14. The van der Waals surface area contributed by atoms with Crippen molar-refractivity contribution in [2.24, 2.45) is 4.99 Å². The van der Waals surface area contributed by atoms with Crippen LogP contribution in [0.5, 0.6) is 0 Å². The van der Waals surface area contributed by atoms with Gasteiger partial charge in [-0.15, -0.1) is 0 Å². The van der Waals surface area contributed by atoms with Gasteiger partial charge in [-0.25, -0.2) is 15.0 Å². The van der Waals surface area contributed by atoms with Crippen molar-refractivity contribution in [1.29, 1.82) is 0 Å². The number of methoxy groups -OCH3 is 2. The third-order valence-electron chi connectivity index (χ3n) is 1.48. The summed E-state index contributed by atoms with van der Waals surface area (Å²) in [4.78, 5) is 35.5. The number of nitrogens with zero attached hydrogens (tertiary/aromatic N) is 1. The number of carbonyl (C=O) groups excluding carboxylic acids is 2. The average molecular weight is 262 g/mol. The molecular formula is C8H14N4O6. The number of carbonyl (C=O) groups is 3. The first-order valence-corrected chi connectivity index (χ1v) is 4.66. The number of carboxylic acids is 1. The molecule has 0 aliphatic carbocycles. The summed E-state index contributed by atoms with van der Waals surface area (Å²) in [6.07, 6.45) is -1.52. The zero-order valence-electron chi connectivity index (χ0n) is 9.85. The Bertz CT molecular complexity index is 320. The fourth-order valence-corrected chi connectivity index (χ4v) is 0.705. The Morgan fingerprint density at radius 2 is 1.72 bits per heavy atom. The molecule has 10 heteroatoms. The highest BCUT2D eigenvalue weighted by Gasteiger charge is 2.06. The Morgan fingerprint density at radius 1 is 1.11 bits per heavy atom. The van der Waals surface area contributed by atoms with Gasteiger partial charge < -0.3 is 19.9 Å². The lowest BCUT2D eigenvalue weighted by atomic mass is 10.5. The van der Waals surface area contributed by atoms with Crippen LogP contribution in [0, 0.1) is 0 Å². The fourth-order valence-electron chi connectivity index (χ4n) is 0.705. The average Bonchev–Trinajstić information content (AvgIpc) is 2.36. The lowest BCUT2D eigenvalue weighted by Crippen LogP contribution is -2.46. The molecule has 2 amide bonds. The van der Waals surface area contributed by atoms with Crippen LogP contribution in [0.2, 0.25) is 0 Å². The van der Waals surface area contributed by atoms with E-state index in [2.05, 4.69) is 30.6 Å². The molecule has 0 unspecified atom stereocenters. The van der Waals surface area contributed by atoms with Crippen LogP contribution < -0.4 is 16.2 Å². The first-order chi connectivity index (χ1) is 8.49. The van der Waals surface area contributed by atoms with E-state index in [1.165, 1.54) is 7.11 Å². The molecular weight excluding hydrogens is 248 g/mol. The third kappa shape index (κ3) is 7.73. The van der Waals surface area contributed by atoms with Crippen LogP contribution in [0.4, 0.5) is 9.59 Å². The molecule has 0 saturated carbocycles. The lowest BCUT2D eigenvalue weighted by Gasteiger charge is -2.10. The highest BCUT2D eigenvalue weighted by molar-refractivity contribution is 5.89. The number of hydrogen-bond donors (Lipinski definition) is 4. The third-order valence-corrected chi connectivity index (χ3v) is 1.48. The van der Waals surface area contributed by atoms with E-state index >= 15 is 0 Å². The minimum absolute atomic E-state index is 0.0215. The van der Waals surface area contributed by atoms with Crippen molar-refractivity contribution >= 4 is 24.0 Å². The van der Waals surface area contributed by atoms with Crippen molar-refractivity contribution in [3.8, 4) is 0 Å². The molecule has 0 heterocycles. The number of hydrogen-bond acceptors (Lipinski definition) is 6. The topological polar surface area (TPSA) is 138 Å². The zero-order valence-corrected chi connectivity index (χ0v) is 9.85. The van der Waals surface area contributed by atoms with Crippen molar-refractivity contribution < 1.29 is 29.0 Å². The van der Waals surface area contributed by atoms with E-state index in [4.69, 9.17) is 5.11 Å². The number of ether oxygens (including phenoxy) is 2. The van der Waals surface area contributed by atoms with E-state index in [0.717, 1.165) is 7.11 Å². The second kappa shape index (κ2) is 8.61. The molecule has 18 heavy (non-hydrogen) atoms. The predicted molar refractivity (Wildman–Crippen MR) is 59.0 cm³/mol. The standard InChI is InChI=1S/C8H14N4O6/c1-17-7(15)10-3-5(9-4-6(13)14)11-12-8(16)18-2/h3-4H2,1-2H3,(H,9,11)(H,10,15)(H,12,16)(H,13,14). The highest BCUT2D eigenvalue weighted by Crippen LogP contribution is 1.78. The number of carboxylic acid groups (broad SMARTS) is 1. The van der Waals surface area contributed by atoms with Gasteiger partial charge in [-0.2, -0.15) is 0 Å². The summed E-state index contributed by atoms with van der Waals surface area (Å²) < 4.78 is 8.59. The second-order valence-electron chi connectivity index (χ2n) is 2.74. The van der Waals surface area contributed by atoms with Crippen LogP contribution in [-0.4, -0.2) is 56.4 Å². The molecule has 102 valence electrons. The fraction of sp³-hybridized carbons (Fsp3) is 0.500.